The lowest BCUT2D eigenvalue weighted by Gasteiger charge is -2.18. The molecule has 0 heterocycles. The highest BCUT2D eigenvalue weighted by atomic mass is 16.7. The maximum absolute atomic E-state index is 11.4. The minimum Gasteiger partial charge on any atom is -0.481 e. The molecule has 19 heavy (non-hydrogen) atoms. The molecule has 0 saturated heterocycles. The van der Waals surface area contributed by atoms with Crippen LogP contribution in [0.2, 0.25) is 0 Å². The first-order chi connectivity index (χ1) is 8.76. The van der Waals surface area contributed by atoms with E-state index >= 15 is 0 Å². The van der Waals surface area contributed by atoms with Gasteiger partial charge in [0.2, 0.25) is 0 Å². The number of methoxy groups -OCH3 is 2. The van der Waals surface area contributed by atoms with Crippen molar-refractivity contribution < 1.29 is 34.1 Å². The molecular weight excluding hydrogens is 258 g/mol. The van der Waals surface area contributed by atoms with Gasteiger partial charge < -0.3 is 19.7 Å². The first-order valence-corrected chi connectivity index (χ1v) is 5.35. The van der Waals surface area contributed by atoms with E-state index in [1.54, 1.807) is 0 Å². The van der Waals surface area contributed by atoms with Gasteiger partial charge in [0.15, 0.2) is 5.92 Å². The third-order valence-electron chi connectivity index (χ3n) is 2.42. The van der Waals surface area contributed by atoms with Gasteiger partial charge in [-0.3, -0.25) is 14.4 Å². The molecule has 0 bridgehead atoms. The average Bonchev–Trinajstić information content (AvgIpc) is 2.32. The highest BCUT2D eigenvalue weighted by Crippen LogP contribution is 2.14. The Bertz CT molecular complexity index is 373. The number of Topliss-reactive ketones (excluding diaryl/α,β-unsaturated/α-hetero) is 1. The molecule has 108 valence electrons. The van der Waals surface area contributed by atoms with Crippen LogP contribution in [0.5, 0.6) is 0 Å². The van der Waals surface area contributed by atoms with Crippen molar-refractivity contribution in [3.05, 3.63) is 0 Å². The van der Waals surface area contributed by atoms with Gasteiger partial charge in [0.25, 0.3) is 6.41 Å². The predicted molar refractivity (Wildman–Crippen MR) is 63.8 cm³/mol. The number of ketones is 1. The van der Waals surface area contributed by atoms with Crippen LogP contribution in [-0.2, 0) is 23.9 Å². The lowest BCUT2D eigenvalue weighted by molar-refractivity contribution is -0.143. The molecule has 0 aliphatic carbocycles. The van der Waals surface area contributed by atoms with Crippen LogP contribution < -0.4 is 0 Å². The van der Waals surface area contributed by atoms with E-state index in [0.29, 0.717) is 0 Å². The van der Waals surface area contributed by atoms with Crippen molar-refractivity contribution in [2.24, 2.45) is 16.8 Å². The van der Waals surface area contributed by atoms with Gasteiger partial charge >= 0.3 is 11.9 Å². The number of aliphatic carboxylic acids is 2. The van der Waals surface area contributed by atoms with Crippen molar-refractivity contribution in [3.63, 3.8) is 0 Å². The van der Waals surface area contributed by atoms with Crippen molar-refractivity contribution in [1.82, 2.24) is 0 Å². The number of nitrogens with zero attached hydrogens (tertiary/aromatic N) is 1. The molecule has 0 spiro atoms. The normalized spacial score (nSPS) is 15.1. The molecule has 0 fully saturated rings. The fourth-order valence-electron chi connectivity index (χ4n) is 1.39. The standard InChI is InChI=1S/C11H17NO7/c1-5(9(14)15)8(12-11(18-3)19-4)7(6(2)13)10(16)17/h5,7,11H,1-4H3,(H,14,15)(H,16,17). The van der Waals surface area contributed by atoms with E-state index < -0.39 is 36.0 Å². The molecule has 0 aromatic rings. The lowest BCUT2D eigenvalue weighted by Crippen LogP contribution is -2.38. The molecule has 0 aromatic carbocycles. The maximum atomic E-state index is 11.4. The summed E-state index contributed by atoms with van der Waals surface area (Å²) in [7, 11) is 2.51. The van der Waals surface area contributed by atoms with Crippen LogP contribution in [0.3, 0.4) is 0 Å². The monoisotopic (exact) mass is 275 g/mol. The van der Waals surface area contributed by atoms with E-state index in [1.165, 1.54) is 21.1 Å². The van der Waals surface area contributed by atoms with Crippen molar-refractivity contribution in [3.8, 4) is 0 Å². The third kappa shape index (κ3) is 4.76. The molecule has 0 radical (unpaired) electrons. The molecule has 0 aromatic heterocycles. The summed E-state index contributed by atoms with van der Waals surface area (Å²) in [6.07, 6.45) is -1.17. The SMILES string of the molecule is COC(N=C(C(C)C(=O)O)C(C(C)=O)C(=O)O)OC. The Labute approximate surface area is 110 Å². The number of carbonyl (C=O) groups excluding carboxylic acids is 1. The highest BCUT2D eigenvalue weighted by Gasteiger charge is 2.35. The summed E-state index contributed by atoms with van der Waals surface area (Å²) in [6, 6.07) is 0. The van der Waals surface area contributed by atoms with E-state index in [0.717, 1.165) is 6.92 Å². The van der Waals surface area contributed by atoms with Crippen LogP contribution in [0.15, 0.2) is 4.99 Å². The molecule has 8 nitrogen and oxygen atoms in total. The molecule has 0 aliphatic heterocycles. The van der Waals surface area contributed by atoms with E-state index in [4.69, 9.17) is 19.7 Å². The summed E-state index contributed by atoms with van der Waals surface area (Å²) < 4.78 is 9.53. The molecule has 2 N–H and O–H groups in total. The second kappa shape index (κ2) is 7.59. The van der Waals surface area contributed by atoms with Crippen LogP contribution in [0.4, 0.5) is 0 Å². The van der Waals surface area contributed by atoms with E-state index in [9.17, 15) is 14.4 Å². The number of carbonyl (C=O) groups is 3. The first kappa shape index (κ1) is 17.2. The average molecular weight is 275 g/mol. The Morgan fingerprint density at radius 2 is 1.53 bits per heavy atom. The Balaban J connectivity index is 5.67. The minimum atomic E-state index is -1.64. The van der Waals surface area contributed by atoms with Gasteiger partial charge in [-0.2, -0.15) is 0 Å². The number of hydrogen-bond acceptors (Lipinski definition) is 6. The minimum absolute atomic E-state index is 0.318. The summed E-state index contributed by atoms with van der Waals surface area (Å²) in [5.74, 6) is -6.37. The number of rotatable bonds is 8. The van der Waals surface area contributed by atoms with Gasteiger partial charge in [-0.25, -0.2) is 4.99 Å². The fraction of sp³-hybridized carbons (Fsp3) is 0.636. The summed E-state index contributed by atoms with van der Waals surface area (Å²) in [5.41, 5.74) is -0.318. The number of carboxylic acids is 2. The lowest BCUT2D eigenvalue weighted by atomic mass is 9.90. The molecule has 0 amide bonds. The van der Waals surface area contributed by atoms with Gasteiger partial charge in [0.05, 0.1) is 11.6 Å². The quantitative estimate of drug-likeness (QED) is 0.363. The number of aliphatic imine (C=N–C) groups is 1. The van der Waals surface area contributed by atoms with Crippen molar-refractivity contribution in [2.45, 2.75) is 20.3 Å². The van der Waals surface area contributed by atoms with Gasteiger partial charge in [-0.15, -0.1) is 0 Å². The smallest absolute Gasteiger partial charge is 0.319 e. The van der Waals surface area contributed by atoms with E-state index in [1.807, 2.05) is 0 Å². The van der Waals surface area contributed by atoms with Crippen LogP contribution in [0.25, 0.3) is 0 Å². The zero-order chi connectivity index (χ0) is 15.2. The second-order valence-electron chi connectivity index (χ2n) is 3.77. The molecule has 2 unspecified atom stereocenters. The number of ether oxygens (including phenoxy) is 2. The van der Waals surface area contributed by atoms with Crippen LogP contribution in [-0.4, -0.2) is 54.3 Å². The van der Waals surface area contributed by atoms with Gasteiger partial charge in [-0.1, -0.05) is 0 Å². The molecule has 0 aliphatic rings. The Hall–Kier alpha value is -1.80. The van der Waals surface area contributed by atoms with Crippen LogP contribution in [0.1, 0.15) is 13.8 Å². The van der Waals surface area contributed by atoms with Crippen molar-refractivity contribution >= 4 is 23.4 Å². The van der Waals surface area contributed by atoms with E-state index in [2.05, 4.69) is 4.99 Å². The van der Waals surface area contributed by atoms with Crippen molar-refractivity contribution in [2.75, 3.05) is 14.2 Å². The highest BCUT2D eigenvalue weighted by molar-refractivity contribution is 6.22. The van der Waals surface area contributed by atoms with E-state index in [-0.39, 0.29) is 5.71 Å². The fourth-order valence-corrected chi connectivity index (χ4v) is 1.39. The summed E-state index contributed by atoms with van der Waals surface area (Å²) in [5, 5.41) is 18.0. The molecule has 8 heteroatoms. The molecule has 2 atom stereocenters. The summed E-state index contributed by atoms with van der Waals surface area (Å²) >= 11 is 0. The maximum Gasteiger partial charge on any atom is 0.319 e. The number of hydrogen-bond donors (Lipinski definition) is 2. The predicted octanol–water partition coefficient (Wildman–Crippen LogP) is 0.0143. The molecule has 0 saturated carbocycles. The molecule has 0 rings (SSSR count). The Kier molecular flexibility index (Phi) is 6.87. The van der Waals surface area contributed by atoms with Gasteiger partial charge in [-0.05, 0) is 13.8 Å². The van der Waals surface area contributed by atoms with Crippen LogP contribution >= 0.6 is 0 Å². The van der Waals surface area contributed by atoms with Crippen molar-refractivity contribution in [1.29, 1.82) is 0 Å². The zero-order valence-corrected chi connectivity index (χ0v) is 11.1. The van der Waals surface area contributed by atoms with Gasteiger partial charge in [0.1, 0.15) is 5.78 Å². The second-order valence-corrected chi connectivity index (χ2v) is 3.77. The Morgan fingerprint density at radius 3 is 1.79 bits per heavy atom. The largest absolute Gasteiger partial charge is 0.481 e. The number of carboxylic acid groups (broad SMARTS) is 2. The topological polar surface area (TPSA) is 122 Å². The summed E-state index contributed by atoms with van der Waals surface area (Å²) in [4.78, 5) is 37.2. The van der Waals surface area contributed by atoms with Gasteiger partial charge in [0, 0.05) is 14.2 Å². The third-order valence-corrected chi connectivity index (χ3v) is 2.42. The first-order valence-electron chi connectivity index (χ1n) is 5.35. The van der Waals surface area contributed by atoms with Crippen LogP contribution in [0, 0.1) is 11.8 Å². The molecular formula is C11H17NO7. The zero-order valence-electron chi connectivity index (χ0n) is 11.1. The Morgan fingerprint density at radius 1 is 1.05 bits per heavy atom. The summed E-state index contributed by atoms with van der Waals surface area (Å²) in [6.45, 7) is 2.29.